The molecule has 1 heterocycles. The van der Waals surface area contributed by atoms with Crippen LogP contribution in [0, 0.1) is 0 Å². The molecule has 1 unspecified atom stereocenters. The fourth-order valence-corrected chi connectivity index (χ4v) is 3.52. The summed E-state index contributed by atoms with van der Waals surface area (Å²) >= 11 is 0. The first-order chi connectivity index (χ1) is 10.3. The zero-order chi connectivity index (χ0) is 16.3. The lowest BCUT2D eigenvalue weighted by atomic mass is 10.0. The van der Waals surface area contributed by atoms with Gasteiger partial charge in [0.15, 0.2) is 0 Å². The van der Waals surface area contributed by atoms with Gasteiger partial charge in [0.25, 0.3) is 0 Å². The lowest BCUT2D eigenvalue weighted by Gasteiger charge is -2.25. The van der Waals surface area contributed by atoms with Crippen LogP contribution >= 0.6 is 10.7 Å². The molecule has 2 rings (SSSR count). The van der Waals surface area contributed by atoms with E-state index in [4.69, 9.17) is 15.4 Å². The van der Waals surface area contributed by atoms with Crippen molar-refractivity contribution in [3.05, 3.63) is 35.9 Å². The first-order valence-electron chi connectivity index (χ1n) is 6.67. The SMILES string of the molecule is COC(=O)[C@@H](Cc1ccccc1)N1CC(S(=O)(=O)Cl)CC1=O. The zero-order valence-electron chi connectivity index (χ0n) is 11.9. The number of esters is 1. The number of likely N-dealkylation sites (tertiary alicyclic amines) is 1. The Balaban J connectivity index is 2.23. The van der Waals surface area contributed by atoms with Gasteiger partial charge < -0.3 is 9.64 Å². The first kappa shape index (κ1) is 16.8. The number of rotatable bonds is 5. The Morgan fingerprint density at radius 1 is 1.41 bits per heavy atom. The molecule has 1 aromatic rings. The number of hydrogen-bond donors (Lipinski definition) is 0. The van der Waals surface area contributed by atoms with E-state index in [0.29, 0.717) is 0 Å². The van der Waals surface area contributed by atoms with E-state index >= 15 is 0 Å². The van der Waals surface area contributed by atoms with Gasteiger partial charge in [-0.2, -0.15) is 0 Å². The predicted octanol–water partition coefficient (Wildman–Crippen LogP) is 0.940. The summed E-state index contributed by atoms with van der Waals surface area (Å²) in [5, 5.41) is -0.996. The number of halogens is 1. The Hall–Kier alpha value is -1.60. The Labute approximate surface area is 133 Å². The maximum atomic E-state index is 12.1. The van der Waals surface area contributed by atoms with Gasteiger partial charge in [0.05, 0.1) is 7.11 Å². The third-order valence-electron chi connectivity index (χ3n) is 3.64. The van der Waals surface area contributed by atoms with Gasteiger partial charge in [-0.25, -0.2) is 13.2 Å². The minimum atomic E-state index is -3.85. The van der Waals surface area contributed by atoms with E-state index in [1.165, 1.54) is 12.0 Å². The van der Waals surface area contributed by atoms with Crippen LogP contribution in [-0.2, 0) is 29.8 Å². The van der Waals surface area contributed by atoms with Crippen LogP contribution in [0.5, 0.6) is 0 Å². The van der Waals surface area contributed by atoms with Crippen LogP contribution in [0.25, 0.3) is 0 Å². The maximum Gasteiger partial charge on any atom is 0.328 e. The molecule has 8 heteroatoms. The Bertz CT molecular complexity index is 661. The van der Waals surface area contributed by atoms with Crippen LogP contribution in [0.15, 0.2) is 30.3 Å². The predicted molar refractivity (Wildman–Crippen MR) is 80.8 cm³/mol. The molecular weight excluding hydrogens is 330 g/mol. The van der Waals surface area contributed by atoms with Crippen molar-refractivity contribution >= 4 is 31.6 Å². The molecule has 0 bridgehead atoms. The summed E-state index contributed by atoms with van der Waals surface area (Å²) in [5.74, 6) is -0.995. The smallest absolute Gasteiger partial charge is 0.328 e. The molecule has 1 amide bonds. The number of hydrogen-bond acceptors (Lipinski definition) is 5. The van der Waals surface area contributed by atoms with Crippen molar-refractivity contribution in [3.8, 4) is 0 Å². The van der Waals surface area contributed by atoms with Crippen molar-refractivity contribution in [2.45, 2.75) is 24.1 Å². The fourth-order valence-electron chi connectivity index (χ4n) is 2.48. The molecule has 2 atom stereocenters. The van der Waals surface area contributed by atoms with Crippen LogP contribution in [0.4, 0.5) is 0 Å². The van der Waals surface area contributed by atoms with E-state index in [2.05, 4.69) is 0 Å². The number of methoxy groups -OCH3 is 1. The van der Waals surface area contributed by atoms with Gasteiger partial charge in [-0.05, 0) is 5.56 Å². The zero-order valence-corrected chi connectivity index (χ0v) is 13.5. The van der Waals surface area contributed by atoms with Gasteiger partial charge in [-0.3, -0.25) is 4.79 Å². The Morgan fingerprint density at radius 3 is 2.55 bits per heavy atom. The largest absolute Gasteiger partial charge is 0.467 e. The highest BCUT2D eigenvalue weighted by Crippen LogP contribution is 2.25. The van der Waals surface area contributed by atoms with Crippen LogP contribution < -0.4 is 0 Å². The van der Waals surface area contributed by atoms with Crippen molar-refractivity contribution in [2.24, 2.45) is 0 Å². The molecule has 0 aromatic heterocycles. The average Bonchev–Trinajstić information content (AvgIpc) is 2.87. The fraction of sp³-hybridized carbons (Fsp3) is 0.429. The number of carbonyl (C=O) groups is 2. The molecule has 22 heavy (non-hydrogen) atoms. The molecule has 6 nitrogen and oxygen atoms in total. The van der Waals surface area contributed by atoms with Crippen LogP contribution in [0.2, 0.25) is 0 Å². The number of benzene rings is 1. The third-order valence-corrected chi connectivity index (χ3v) is 5.51. The normalized spacial score (nSPS) is 20.0. The van der Waals surface area contributed by atoms with Gasteiger partial charge in [0.1, 0.15) is 11.3 Å². The monoisotopic (exact) mass is 345 g/mol. The molecule has 0 aliphatic carbocycles. The van der Waals surface area contributed by atoms with E-state index in [-0.39, 0.29) is 19.4 Å². The van der Waals surface area contributed by atoms with Crippen molar-refractivity contribution in [3.63, 3.8) is 0 Å². The standard InChI is InChI=1S/C14H16ClNO5S/c1-21-14(18)12(7-10-5-3-2-4-6-10)16-9-11(8-13(16)17)22(15,19)20/h2-6,11-12H,7-9H2,1H3/t11?,12-/m1/s1. The topological polar surface area (TPSA) is 80.8 Å². The quantitative estimate of drug-likeness (QED) is 0.586. The Morgan fingerprint density at radius 2 is 2.05 bits per heavy atom. The van der Waals surface area contributed by atoms with Crippen LogP contribution in [0.1, 0.15) is 12.0 Å². The Kier molecular flexibility index (Phi) is 5.08. The lowest BCUT2D eigenvalue weighted by Crippen LogP contribution is -2.44. The molecule has 1 fully saturated rings. The second kappa shape index (κ2) is 6.66. The lowest BCUT2D eigenvalue weighted by molar-refractivity contribution is -0.151. The highest BCUT2D eigenvalue weighted by atomic mass is 35.7. The summed E-state index contributed by atoms with van der Waals surface area (Å²) in [6, 6.07) is 8.28. The molecule has 1 saturated heterocycles. The molecule has 0 radical (unpaired) electrons. The third kappa shape index (κ3) is 3.78. The van der Waals surface area contributed by atoms with Crippen molar-refractivity contribution in [2.75, 3.05) is 13.7 Å². The highest BCUT2D eigenvalue weighted by Gasteiger charge is 2.42. The molecule has 0 N–H and O–H groups in total. The van der Waals surface area contributed by atoms with E-state index in [1.54, 1.807) is 0 Å². The molecule has 0 saturated carbocycles. The number of amides is 1. The van der Waals surface area contributed by atoms with Crippen molar-refractivity contribution in [1.29, 1.82) is 0 Å². The van der Waals surface area contributed by atoms with E-state index in [0.717, 1.165) is 5.56 Å². The summed E-state index contributed by atoms with van der Waals surface area (Å²) in [5.41, 5.74) is 0.850. The van der Waals surface area contributed by atoms with Gasteiger partial charge in [0.2, 0.25) is 15.0 Å². The second-order valence-electron chi connectivity index (χ2n) is 5.08. The van der Waals surface area contributed by atoms with Gasteiger partial charge in [-0.15, -0.1) is 0 Å². The van der Waals surface area contributed by atoms with Gasteiger partial charge >= 0.3 is 5.97 Å². The summed E-state index contributed by atoms with van der Waals surface area (Å²) in [6.07, 6.45) is 0.0441. The summed E-state index contributed by atoms with van der Waals surface area (Å²) < 4.78 is 27.6. The van der Waals surface area contributed by atoms with Crippen LogP contribution in [-0.4, -0.2) is 50.1 Å². The highest BCUT2D eigenvalue weighted by molar-refractivity contribution is 8.14. The number of carbonyl (C=O) groups excluding carboxylic acids is 2. The molecule has 120 valence electrons. The molecule has 1 aliphatic rings. The van der Waals surface area contributed by atoms with Crippen LogP contribution in [0.3, 0.4) is 0 Å². The van der Waals surface area contributed by atoms with Crippen molar-refractivity contribution in [1.82, 2.24) is 4.90 Å². The van der Waals surface area contributed by atoms with E-state index in [9.17, 15) is 18.0 Å². The maximum absolute atomic E-state index is 12.1. The number of nitrogens with zero attached hydrogens (tertiary/aromatic N) is 1. The first-order valence-corrected chi connectivity index (χ1v) is 9.05. The summed E-state index contributed by atoms with van der Waals surface area (Å²) in [4.78, 5) is 25.3. The second-order valence-corrected chi connectivity index (χ2v) is 7.98. The molecule has 0 spiro atoms. The van der Waals surface area contributed by atoms with E-state index in [1.807, 2.05) is 30.3 Å². The summed E-state index contributed by atoms with van der Waals surface area (Å²) in [6.45, 7) is -0.0999. The minimum Gasteiger partial charge on any atom is -0.467 e. The van der Waals surface area contributed by atoms with Gasteiger partial charge in [-0.1, -0.05) is 30.3 Å². The number of ether oxygens (including phenoxy) is 1. The van der Waals surface area contributed by atoms with Crippen molar-refractivity contribution < 1.29 is 22.7 Å². The average molecular weight is 346 g/mol. The molecular formula is C14H16ClNO5S. The molecule has 1 aliphatic heterocycles. The van der Waals surface area contributed by atoms with E-state index < -0.39 is 32.2 Å². The summed E-state index contributed by atoms with van der Waals surface area (Å²) in [7, 11) is 2.71. The van der Waals surface area contributed by atoms with Gasteiger partial charge in [0, 0.05) is 30.1 Å². The molecule has 1 aromatic carbocycles. The minimum absolute atomic E-state index is 0.0999.